The molecule has 0 saturated heterocycles. The highest BCUT2D eigenvalue weighted by Crippen LogP contribution is 2.43. The summed E-state index contributed by atoms with van der Waals surface area (Å²) in [6.45, 7) is 0. The molecule has 7 nitrogen and oxygen atoms in total. The lowest BCUT2D eigenvalue weighted by atomic mass is 9.98. The maximum Gasteiger partial charge on any atom is 0.0824 e. The predicted octanol–water partition coefficient (Wildman–Crippen LogP) is 12.6. The van der Waals surface area contributed by atoms with Gasteiger partial charge in [-0.1, -0.05) is 97.1 Å². The van der Waals surface area contributed by atoms with Crippen LogP contribution >= 0.6 is 0 Å². The Hall–Kier alpha value is -8.42. The maximum absolute atomic E-state index is 6.77. The SMILES string of the molecule is Nc1cc(-n2c3ccc(-c4ccc5c(c4)c4ccccc4n5-c4ccccc4)cc3c3cc(-c4ccc5c(c4)c4ccccc4n5-c4ccccc4)ccc32)c(N)c(N)c1N. The van der Waals surface area contributed by atoms with Crippen LogP contribution in [0, 0.1) is 0 Å². The molecule has 0 radical (unpaired) electrons. The van der Waals surface area contributed by atoms with Crippen LogP contribution in [0.5, 0.6) is 0 Å². The van der Waals surface area contributed by atoms with E-state index < -0.39 is 0 Å². The van der Waals surface area contributed by atoms with Crippen LogP contribution in [0.15, 0.2) is 188 Å². The number of hydrogen-bond donors (Lipinski definition) is 4. The van der Waals surface area contributed by atoms with Gasteiger partial charge in [-0.05, 0) is 113 Å². The molecule has 61 heavy (non-hydrogen) atoms. The van der Waals surface area contributed by atoms with Crippen molar-refractivity contribution in [2.24, 2.45) is 0 Å². The zero-order valence-electron chi connectivity index (χ0n) is 33.0. The highest BCUT2D eigenvalue weighted by molar-refractivity contribution is 6.15. The number of nitrogen functional groups attached to an aromatic ring is 4. The van der Waals surface area contributed by atoms with Crippen LogP contribution in [0.1, 0.15) is 0 Å². The molecule has 0 saturated carbocycles. The highest BCUT2D eigenvalue weighted by Gasteiger charge is 2.21. The van der Waals surface area contributed by atoms with E-state index in [-0.39, 0.29) is 5.69 Å². The van der Waals surface area contributed by atoms with E-state index in [1.54, 1.807) is 0 Å². The number of para-hydroxylation sites is 4. The summed E-state index contributed by atoms with van der Waals surface area (Å²) in [7, 11) is 0. The lowest BCUT2D eigenvalue weighted by Crippen LogP contribution is -2.08. The lowest BCUT2D eigenvalue weighted by Gasteiger charge is -2.16. The van der Waals surface area contributed by atoms with E-state index in [4.69, 9.17) is 22.9 Å². The van der Waals surface area contributed by atoms with Crippen LogP contribution in [-0.4, -0.2) is 13.7 Å². The number of aromatic nitrogens is 3. The van der Waals surface area contributed by atoms with Crippen LogP contribution in [0.2, 0.25) is 0 Å². The minimum Gasteiger partial charge on any atom is -0.397 e. The third kappa shape index (κ3) is 5.11. The van der Waals surface area contributed by atoms with E-state index in [9.17, 15) is 0 Å². The summed E-state index contributed by atoms with van der Waals surface area (Å²) < 4.78 is 6.85. The minimum absolute atomic E-state index is 0.282. The molecular weight excluding hydrogens is 747 g/mol. The van der Waals surface area contributed by atoms with Gasteiger partial charge in [0.05, 0.1) is 61.5 Å². The largest absolute Gasteiger partial charge is 0.397 e. The van der Waals surface area contributed by atoms with Crippen LogP contribution in [0.4, 0.5) is 22.7 Å². The van der Waals surface area contributed by atoms with E-state index in [1.165, 1.54) is 32.6 Å². The van der Waals surface area contributed by atoms with Crippen molar-refractivity contribution < 1.29 is 0 Å². The van der Waals surface area contributed by atoms with Gasteiger partial charge in [0.2, 0.25) is 0 Å². The van der Waals surface area contributed by atoms with Crippen molar-refractivity contribution >= 4 is 88.2 Å². The number of hydrogen-bond acceptors (Lipinski definition) is 4. The molecule has 12 rings (SSSR count). The van der Waals surface area contributed by atoms with E-state index in [0.717, 1.165) is 66.5 Å². The molecule has 0 unspecified atom stereocenters. The standard InChI is InChI=1S/C54H39N7/c55-44-31-51(53(57)54(58)52(44)56)61-49-25-21-34(32-19-23-47-40(27-32)38-15-7-9-17-45(38)59(47)36-11-3-1-4-12-36)29-42(49)43-30-35(22-26-50(43)61)33-20-24-48-41(28-33)39-16-8-10-18-46(39)60(48)37-13-5-2-6-14-37/h1-31H,55-58H2. The van der Waals surface area contributed by atoms with Crippen molar-refractivity contribution in [3.63, 3.8) is 0 Å². The molecule has 290 valence electrons. The second-order valence-electron chi connectivity index (χ2n) is 15.9. The number of benzene rings is 9. The molecule has 0 atom stereocenters. The van der Waals surface area contributed by atoms with Gasteiger partial charge in [0.25, 0.3) is 0 Å². The second-order valence-corrected chi connectivity index (χ2v) is 15.9. The first-order valence-corrected chi connectivity index (χ1v) is 20.4. The molecule has 0 fully saturated rings. The topological polar surface area (TPSA) is 119 Å². The average molecular weight is 786 g/mol. The molecule has 0 aliphatic rings. The summed E-state index contributed by atoms with van der Waals surface area (Å²) in [5.41, 5.74) is 41.4. The highest BCUT2D eigenvalue weighted by atomic mass is 15.0. The van der Waals surface area contributed by atoms with Gasteiger partial charge in [0, 0.05) is 43.7 Å². The van der Waals surface area contributed by atoms with E-state index in [1.807, 2.05) is 6.07 Å². The Morgan fingerprint density at radius 3 is 1.03 bits per heavy atom. The number of nitrogens with two attached hydrogens (primary N) is 4. The van der Waals surface area contributed by atoms with E-state index >= 15 is 0 Å². The Morgan fingerprint density at radius 2 is 0.607 bits per heavy atom. The molecule has 3 heterocycles. The Kier molecular flexibility index (Phi) is 7.40. The summed E-state index contributed by atoms with van der Waals surface area (Å²) in [6.07, 6.45) is 0. The molecule has 7 heteroatoms. The monoisotopic (exact) mass is 785 g/mol. The molecular formula is C54H39N7. The third-order valence-electron chi connectivity index (χ3n) is 12.5. The van der Waals surface area contributed by atoms with E-state index in [2.05, 4.69) is 196 Å². The molecule has 12 aromatic rings. The quantitative estimate of drug-likeness (QED) is 0.130. The summed E-state index contributed by atoms with van der Waals surface area (Å²) in [6, 6.07) is 67.1. The van der Waals surface area contributed by atoms with Gasteiger partial charge < -0.3 is 36.6 Å². The number of fused-ring (bicyclic) bond motifs is 9. The van der Waals surface area contributed by atoms with Gasteiger partial charge >= 0.3 is 0 Å². The Morgan fingerprint density at radius 1 is 0.262 bits per heavy atom. The van der Waals surface area contributed by atoms with Gasteiger partial charge in [-0.15, -0.1) is 0 Å². The molecule has 8 N–H and O–H groups in total. The van der Waals surface area contributed by atoms with Gasteiger partial charge in [-0.2, -0.15) is 0 Å². The van der Waals surface area contributed by atoms with Crippen molar-refractivity contribution in [2.45, 2.75) is 0 Å². The zero-order valence-corrected chi connectivity index (χ0v) is 33.0. The first-order valence-electron chi connectivity index (χ1n) is 20.4. The van der Waals surface area contributed by atoms with Gasteiger partial charge in [-0.3, -0.25) is 0 Å². The third-order valence-corrected chi connectivity index (χ3v) is 12.5. The predicted molar refractivity (Wildman–Crippen MR) is 258 cm³/mol. The Labute approximate surface area is 350 Å². The number of nitrogens with zero attached hydrogens (tertiary/aromatic N) is 3. The first kappa shape index (κ1) is 34.6. The van der Waals surface area contributed by atoms with Crippen molar-refractivity contribution in [1.82, 2.24) is 13.7 Å². The van der Waals surface area contributed by atoms with Crippen molar-refractivity contribution in [3.8, 4) is 39.3 Å². The van der Waals surface area contributed by atoms with Crippen LogP contribution in [0.25, 0.3) is 105 Å². The normalized spacial score (nSPS) is 11.9. The number of rotatable bonds is 5. The Balaban J connectivity index is 1.08. The fraction of sp³-hybridized carbons (Fsp3) is 0. The second kappa shape index (κ2) is 13.0. The summed E-state index contributed by atoms with van der Waals surface area (Å²) in [5.74, 6) is 0. The van der Waals surface area contributed by atoms with Crippen molar-refractivity contribution in [3.05, 3.63) is 188 Å². The zero-order chi connectivity index (χ0) is 40.9. The average Bonchev–Trinajstić information content (AvgIpc) is 3.94. The Bertz CT molecular complexity index is 3530. The van der Waals surface area contributed by atoms with Crippen LogP contribution in [0.3, 0.4) is 0 Å². The molecule has 0 aliphatic carbocycles. The molecule has 9 aromatic carbocycles. The maximum atomic E-state index is 6.77. The number of anilines is 4. The molecule has 0 bridgehead atoms. The fourth-order valence-electron chi connectivity index (χ4n) is 9.58. The lowest BCUT2D eigenvalue weighted by molar-refractivity contribution is 1.18. The van der Waals surface area contributed by atoms with Crippen molar-refractivity contribution in [1.29, 1.82) is 0 Å². The van der Waals surface area contributed by atoms with Gasteiger partial charge in [0.1, 0.15) is 0 Å². The van der Waals surface area contributed by atoms with E-state index in [0.29, 0.717) is 22.7 Å². The summed E-state index contributed by atoms with van der Waals surface area (Å²) >= 11 is 0. The van der Waals surface area contributed by atoms with Gasteiger partial charge in [-0.25, -0.2) is 0 Å². The summed E-state index contributed by atoms with van der Waals surface area (Å²) in [4.78, 5) is 0. The molecule has 0 spiro atoms. The molecule has 3 aromatic heterocycles. The van der Waals surface area contributed by atoms with Crippen molar-refractivity contribution in [2.75, 3.05) is 22.9 Å². The van der Waals surface area contributed by atoms with Gasteiger partial charge in [0.15, 0.2) is 0 Å². The van der Waals surface area contributed by atoms with Crippen LogP contribution in [-0.2, 0) is 0 Å². The molecule has 0 aliphatic heterocycles. The summed E-state index contributed by atoms with van der Waals surface area (Å²) in [5, 5.41) is 6.98. The first-order chi connectivity index (χ1) is 29.9. The smallest absolute Gasteiger partial charge is 0.0824 e. The fourth-order valence-corrected chi connectivity index (χ4v) is 9.58. The van der Waals surface area contributed by atoms with Crippen LogP contribution < -0.4 is 22.9 Å². The minimum atomic E-state index is 0.282. The molecule has 0 amide bonds.